The molecule has 1 unspecified atom stereocenters. The molecule has 0 spiro atoms. The van der Waals surface area contributed by atoms with E-state index < -0.39 is 0 Å². The van der Waals surface area contributed by atoms with Crippen molar-refractivity contribution in [3.05, 3.63) is 84.0 Å². The minimum absolute atomic E-state index is 0.0417. The molecule has 0 aromatic carbocycles. The Morgan fingerprint density at radius 2 is 2.07 bits per heavy atom. The van der Waals surface area contributed by atoms with E-state index in [9.17, 15) is 4.79 Å². The number of nitrogens with one attached hydrogen (secondary N) is 1. The Balaban J connectivity index is 1.43. The Bertz CT molecular complexity index is 1030. The van der Waals surface area contributed by atoms with Crippen molar-refractivity contribution in [1.29, 1.82) is 0 Å². The molecule has 30 heavy (non-hydrogen) atoms. The molecule has 1 N–H and O–H groups in total. The second-order valence-electron chi connectivity index (χ2n) is 7.51. The van der Waals surface area contributed by atoms with Crippen LogP contribution in [0.4, 0.5) is 11.6 Å². The van der Waals surface area contributed by atoms with Crippen LogP contribution in [0.2, 0.25) is 0 Å². The van der Waals surface area contributed by atoms with Crippen LogP contribution in [0, 0.1) is 6.92 Å². The van der Waals surface area contributed by atoms with Crippen LogP contribution in [0.3, 0.4) is 0 Å². The molecule has 0 aliphatic carbocycles. The summed E-state index contributed by atoms with van der Waals surface area (Å²) >= 11 is 0. The molecule has 152 valence electrons. The molecule has 1 atom stereocenters. The van der Waals surface area contributed by atoms with Crippen LogP contribution >= 0.6 is 0 Å². The average Bonchev–Trinajstić information content (AvgIpc) is 2.80. The first-order valence-corrected chi connectivity index (χ1v) is 10.2. The monoisotopic (exact) mass is 399 g/mol. The van der Waals surface area contributed by atoms with Gasteiger partial charge in [-0.25, -0.2) is 9.97 Å². The SMILES string of the molecule is Cc1cccnc1Nc1cc(C2CCCN(C(=O)/C=C/c3cccnc3)C2)ccn1. The van der Waals surface area contributed by atoms with E-state index in [1.165, 1.54) is 5.56 Å². The number of hydrogen-bond acceptors (Lipinski definition) is 5. The van der Waals surface area contributed by atoms with Crippen LogP contribution < -0.4 is 5.32 Å². The van der Waals surface area contributed by atoms with Crippen LogP contribution in [0.1, 0.15) is 35.4 Å². The summed E-state index contributed by atoms with van der Waals surface area (Å²) in [7, 11) is 0. The molecule has 0 bridgehead atoms. The third kappa shape index (κ3) is 4.89. The molecule has 0 radical (unpaired) electrons. The minimum atomic E-state index is 0.0417. The molecular formula is C24H25N5O. The van der Waals surface area contributed by atoms with Gasteiger partial charge in [-0.1, -0.05) is 12.1 Å². The summed E-state index contributed by atoms with van der Waals surface area (Å²) in [5, 5.41) is 3.30. The molecule has 1 aliphatic rings. The van der Waals surface area contributed by atoms with Gasteiger partial charge in [-0.15, -0.1) is 0 Å². The van der Waals surface area contributed by atoms with Crippen molar-refractivity contribution >= 4 is 23.6 Å². The fourth-order valence-electron chi connectivity index (χ4n) is 3.70. The Labute approximate surface area is 176 Å². The number of amides is 1. The van der Waals surface area contributed by atoms with Crippen LogP contribution in [0.25, 0.3) is 6.08 Å². The topological polar surface area (TPSA) is 71.0 Å². The van der Waals surface area contributed by atoms with Crippen molar-refractivity contribution in [3.8, 4) is 0 Å². The zero-order chi connectivity index (χ0) is 20.8. The number of hydrogen-bond donors (Lipinski definition) is 1. The molecule has 6 heteroatoms. The number of carbonyl (C=O) groups excluding carboxylic acids is 1. The van der Waals surface area contributed by atoms with Crippen LogP contribution in [0.5, 0.6) is 0 Å². The van der Waals surface area contributed by atoms with Gasteiger partial charge in [0, 0.05) is 49.9 Å². The van der Waals surface area contributed by atoms with Gasteiger partial charge < -0.3 is 10.2 Å². The zero-order valence-electron chi connectivity index (χ0n) is 17.0. The Kier molecular flexibility index (Phi) is 6.13. The van der Waals surface area contributed by atoms with E-state index in [4.69, 9.17) is 0 Å². The highest BCUT2D eigenvalue weighted by atomic mass is 16.2. The van der Waals surface area contributed by atoms with Crippen LogP contribution in [-0.2, 0) is 4.79 Å². The fraction of sp³-hybridized carbons (Fsp3) is 0.250. The minimum Gasteiger partial charge on any atom is -0.339 e. The van der Waals surface area contributed by atoms with Gasteiger partial charge in [-0.3, -0.25) is 9.78 Å². The Morgan fingerprint density at radius 1 is 1.17 bits per heavy atom. The highest BCUT2D eigenvalue weighted by Gasteiger charge is 2.24. The second kappa shape index (κ2) is 9.31. The lowest BCUT2D eigenvalue weighted by molar-refractivity contribution is -0.127. The highest BCUT2D eigenvalue weighted by molar-refractivity contribution is 5.91. The van der Waals surface area contributed by atoms with Crippen molar-refractivity contribution in [3.63, 3.8) is 0 Å². The Hall–Kier alpha value is -3.54. The van der Waals surface area contributed by atoms with E-state index in [1.807, 2.05) is 54.4 Å². The zero-order valence-corrected chi connectivity index (χ0v) is 17.0. The molecular weight excluding hydrogens is 374 g/mol. The third-order valence-electron chi connectivity index (χ3n) is 5.35. The van der Waals surface area contributed by atoms with E-state index in [0.29, 0.717) is 12.5 Å². The van der Waals surface area contributed by atoms with Crippen LogP contribution in [-0.4, -0.2) is 38.8 Å². The molecule has 3 aromatic rings. The average molecular weight is 399 g/mol. The van der Waals surface area contributed by atoms with Crippen molar-refractivity contribution < 1.29 is 4.79 Å². The lowest BCUT2D eigenvalue weighted by Crippen LogP contribution is -2.38. The second-order valence-corrected chi connectivity index (χ2v) is 7.51. The van der Waals surface area contributed by atoms with E-state index in [2.05, 4.69) is 26.3 Å². The summed E-state index contributed by atoms with van der Waals surface area (Å²) in [4.78, 5) is 27.5. The molecule has 1 saturated heterocycles. The molecule has 6 nitrogen and oxygen atoms in total. The van der Waals surface area contributed by atoms with Gasteiger partial charge in [0.1, 0.15) is 11.6 Å². The largest absolute Gasteiger partial charge is 0.339 e. The first kappa shape index (κ1) is 19.8. The molecule has 1 aliphatic heterocycles. The number of nitrogens with zero attached hydrogens (tertiary/aromatic N) is 4. The smallest absolute Gasteiger partial charge is 0.246 e. The van der Waals surface area contributed by atoms with E-state index in [-0.39, 0.29) is 5.91 Å². The quantitative estimate of drug-likeness (QED) is 0.646. The van der Waals surface area contributed by atoms with Crippen molar-refractivity contribution in [2.24, 2.45) is 0 Å². The van der Waals surface area contributed by atoms with Crippen molar-refractivity contribution in [2.45, 2.75) is 25.7 Å². The van der Waals surface area contributed by atoms with Gasteiger partial charge in [-0.05, 0) is 66.8 Å². The summed E-state index contributed by atoms with van der Waals surface area (Å²) in [5.41, 5.74) is 3.18. The van der Waals surface area contributed by atoms with Gasteiger partial charge in [0.25, 0.3) is 0 Å². The molecule has 4 heterocycles. The molecule has 4 rings (SSSR count). The van der Waals surface area contributed by atoms with Gasteiger partial charge in [0.15, 0.2) is 0 Å². The highest BCUT2D eigenvalue weighted by Crippen LogP contribution is 2.29. The lowest BCUT2D eigenvalue weighted by atomic mass is 9.91. The summed E-state index contributed by atoms with van der Waals surface area (Å²) in [5.74, 6) is 1.92. The van der Waals surface area contributed by atoms with Crippen LogP contribution in [0.15, 0.2) is 67.3 Å². The molecule has 0 saturated carbocycles. The maximum atomic E-state index is 12.7. The number of pyridine rings is 3. The first-order valence-electron chi connectivity index (χ1n) is 10.2. The number of piperidine rings is 1. The van der Waals surface area contributed by atoms with E-state index in [0.717, 1.165) is 42.1 Å². The van der Waals surface area contributed by atoms with E-state index in [1.54, 1.807) is 24.7 Å². The number of anilines is 2. The predicted molar refractivity (Wildman–Crippen MR) is 118 cm³/mol. The standard InChI is InChI=1S/C24H25N5O/c1-18-5-2-12-27-24(18)28-22-15-20(10-13-26-22)21-7-4-14-29(17-21)23(30)9-8-19-6-3-11-25-16-19/h2-3,5-6,8-13,15-16,21H,4,7,14,17H2,1H3,(H,26,27,28)/b9-8+. The summed E-state index contributed by atoms with van der Waals surface area (Å²) < 4.78 is 0. The number of aromatic nitrogens is 3. The number of likely N-dealkylation sites (tertiary alicyclic amines) is 1. The molecule has 1 fully saturated rings. The number of aryl methyl sites for hydroxylation is 1. The summed E-state index contributed by atoms with van der Waals surface area (Å²) in [6.45, 7) is 3.52. The third-order valence-corrected chi connectivity index (χ3v) is 5.35. The maximum absolute atomic E-state index is 12.7. The summed E-state index contributed by atoms with van der Waals surface area (Å²) in [6, 6.07) is 11.8. The molecule has 3 aromatic heterocycles. The Morgan fingerprint density at radius 3 is 2.90 bits per heavy atom. The van der Waals surface area contributed by atoms with Gasteiger partial charge in [-0.2, -0.15) is 0 Å². The summed E-state index contributed by atoms with van der Waals surface area (Å²) in [6.07, 6.45) is 12.6. The normalized spacial score (nSPS) is 16.6. The van der Waals surface area contributed by atoms with Gasteiger partial charge in [0.2, 0.25) is 5.91 Å². The number of rotatable bonds is 5. The first-order chi connectivity index (χ1) is 14.7. The van der Waals surface area contributed by atoms with Gasteiger partial charge >= 0.3 is 0 Å². The predicted octanol–water partition coefficient (Wildman–Crippen LogP) is 4.34. The number of carbonyl (C=O) groups is 1. The molecule has 1 amide bonds. The van der Waals surface area contributed by atoms with Gasteiger partial charge in [0.05, 0.1) is 0 Å². The fourth-order valence-corrected chi connectivity index (χ4v) is 3.70. The lowest BCUT2D eigenvalue weighted by Gasteiger charge is -2.32. The van der Waals surface area contributed by atoms with E-state index >= 15 is 0 Å². The van der Waals surface area contributed by atoms with Crippen molar-refractivity contribution in [2.75, 3.05) is 18.4 Å². The van der Waals surface area contributed by atoms with Crippen molar-refractivity contribution in [1.82, 2.24) is 19.9 Å². The maximum Gasteiger partial charge on any atom is 0.246 e.